The highest BCUT2D eigenvalue weighted by molar-refractivity contribution is 7.27. The molecule has 0 aliphatic rings. The summed E-state index contributed by atoms with van der Waals surface area (Å²) in [5, 5.41) is 25.3. The zero-order valence-corrected chi connectivity index (χ0v) is 69.4. The lowest BCUT2D eigenvalue weighted by atomic mass is 10.1. The summed E-state index contributed by atoms with van der Waals surface area (Å²) < 4.78 is 56.9. The second-order valence-electron chi connectivity index (χ2n) is 30.3. The first-order valence-corrected chi connectivity index (χ1v) is 44.1. The molecule has 0 aliphatic carbocycles. The summed E-state index contributed by atoms with van der Waals surface area (Å²) in [4.78, 5) is 7.00. The molecule has 123 heavy (non-hydrogen) atoms. The van der Waals surface area contributed by atoms with E-state index in [9.17, 15) is 0 Å². The topological polar surface area (TPSA) is 59.0 Å². The minimum absolute atomic E-state index is 0.197. The van der Waals surface area contributed by atoms with E-state index in [2.05, 4.69) is 389 Å². The first-order valence-electron chi connectivity index (χ1n) is 43.3. The van der Waals surface area contributed by atoms with Gasteiger partial charge in [-0.05, 0) is 258 Å². The smallest absolute Gasteiger partial charge is 0.135 e. The molecule has 0 unspecified atom stereocenters. The molecule has 0 fully saturated rings. The van der Waals surface area contributed by atoms with Crippen molar-refractivity contribution in [1.82, 2.24) is 0 Å². The van der Waals surface area contributed by atoms with Gasteiger partial charge in [0.15, 0.2) is 0 Å². The Morgan fingerprint density at radius 2 is 0.528 bits per heavy atom. The predicted molar refractivity (Wildman–Crippen MR) is 534 cm³/mol. The van der Waals surface area contributed by atoms with Crippen LogP contribution in [0.2, 0.25) is 0 Å². The fraction of sp³-hybridized carbons (Fsp3) is 0. The molecule has 0 saturated heterocycles. The van der Waals surface area contributed by atoms with Gasteiger partial charge in [0.25, 0.3) is 0 Å². The molecule has 0 bridgehead atoms. The van der Waals surface area contributed by atoms with Gasteiger partial charge in [0.05, 0.1) is 6.85 Å². The van der Waals surface area contributed by atoms with Crippen molar-refractivity contribution in [1.29, 1.82) is 0 Å². The maximum atomic E-state index is 8.31. The molecule has 24 aromatic rings. The number of rotatable bonds is 16. The monoisotopic (exact) mass is 1650 g/mol. The van der Waals surface area contributed by atoms with Crippen LogP contribution in [-0.2, 0) is 0 Å². The van der Waals surface area contributed by atoms with Crippen molar-refractivity contribution >= 4 is 244 Å². The Bertz CT molecular complexity index is 8300. The molecule has 584 valence electrons. The molecule has 0 saturated carbocycles. The minimum atomic E-state index is -0.392. The number of benzene rings is 19. The van der Waals surface area contributed by atoms with Crippen molar-refractivity contribution in [2.75, 3.05) is 30.7 Å². The summed E-state index contributed by atoms with van der Waals surface area (Å²) in [6.45, 7) is 0. The molecular weight excluding hydrogens is 1570 g/mol. The van der Waals surface area contributed by atoms with Crippen LogP contribution in [0.15, 0.2) is 447 Å². The number of hydrogen-bond acceptors (Lipinski definition) is 11. The van der Waals surface area contributed by atoms with Crippen LogP contribution < -0.4 is 30.7 Å². The summed E-state index contributed by atoms with van der Waals surface area (Å²) in [5.41, 5.74) is 18.7. The van der Waals surface area contributed by atoms with Gasteiger partial charge in [-0.15, -0.1) is 45.3 Å². The summed E-state index contributed by atoms with van der Waals surface area (Å²) in [7, 11) is 0. The van der Waals surface area contributed by atoms with Gasteiger partial charge < -0.3 is 35.1 Å². The van der Waals surface area contributed by atoms with Crippen LogP contribution >= 0.6 is 45.3 Å². The highest BCUT2D eigenvalue weighted by atomic mass is 32.1. The van der Waals surface area contributed by atoms with Crippen molar-refractivity contribution in [3.05, 3.63) is 443 Å². The van der Waals surface area contributed by atoms with E-state index in [1.165, 1.54) is 86.1 Å². The lowest BCUT2D eigenvalue weighted by Crippen LogP contribution is -2.09. The third kappa shape index (κ3) is 14.9. The van der Waals surface area contributed by atoms with E-state index in [1.54, 1.807) is 23.5 Å². The second-order valence-corrected chi connectivity index (χ2v) is 34.6. The molecule has 11 heteroatoms. The van der Waals surface area contributed by atoms with E-state index in [-0.39, 0.29) is 29.7 Å². The van der Waals surface area contributed by atoms with E-state index >= 15 is 0 Å². The standard InChI is InChI=1S/C40H28N2S.C36H24N2OS.C36H24N2S2/c1-3-9-28(10-4-1)30-15-18-32(19-16-30)41-33-20-23-39-37(26-33)38-27-36(22-24-40(38)43-39)42(34-13-5-2-6-14-34)35-21-17-29-11-7-8-12-31(29)25-35;1-3-9-24(10-4-1)37-25-15-19-35-31(21-25)32-23-28(17-20-36(32)40-35)38(26-11-5-2-6-12-26)27-16-18-34-30(22-27)29-13-7-8-14-33(29)39-34;1-3-9-24(10-4-1)37-25-15-19-34-31(21-25)32-22-27(17-20-35(32)39-34)38(26-11-5-2-6-12-26)28-16-18-30-29-13-7-8-14-33(29)40-36(30)23-28/h1-27,41H;2*1-23,37H/i1D,3D,4D,9D,10D;;. The van der Waals surface area contributed by atoms with Gasteiger partial charge in [-0.25, -0.2) is 0 Å². The van der Waals surface area contributed by atoms with E-state index in [4.69, 9.17) is 11.3 Å². The molecule has 0 atom stereocenters. The van der Waals surface area contributed by atoms with Crippen molar-refractivity contribution in [3.63, 3.8) is 0 Å². The molecule has 0 aliphatic heterocycles. The summed E-state index contributed by atoms with van der Waals surface area (Å²) in [6, 6.07) is 143. The summed E-state index contributed by atoms with van der Waals surface area (Å²) in [5.74, 6) is 0. The van der Waals surface area contributed by atoms with Gasteiger partial charge in [0, 0.05) is 177 Å². The zero-order valence-electron chi connectivity index (χ0n) is 71.1. The van der Waals surface area contributed by atoms with Gasteiger partial charge in [0.2, 0.25) is 0 Å². The number of hydrogen-bond donors (Lipinski definition) is 3. The van der Waals surface area contributed by atoms with E-state index in [1.807, 2.05) is 76.5 Å². The minimum Gasteiger partial charge on any atom is -0.456 e. The molecule has 0 radical (unpaired) electrons. The third-order valence-corrected chi connectivity index (χ3v) is 27.1. The first kappa shape index (κ1) is 68.8. The first-order chi connectivity index (χ1) is 62.9. The SMILES string of the molecule is [2H]c1c([2H])c([2H])c(-c2ccc(Nc3ccc4sc5ccc(N(c6ccccc6)c6ccc7ccccc7c6)cc5c4c3)cc2)c([2H])c1[2H].c1ccc(Nc2ccc3sc4ccc(N(c5ccccc5)c5ccc6c(c5)sc5ccccc56)cc4c3c2)cc1.c1ccc(Nc2ccc3sc4ccc(N(c5ccccc5)c5ccc6oc7ccccc7c6c5)cc4c3c2)cc1. The Hall–Kier alpha value is -15.1. The largest absolute Gasteiger partial charge is 0.456 e. The Kier molecular flexibility index (Phi) is 18.2. The van der Waals surface area contributed by atoms with Crippen molar-refractivity contribution < 1.29 is 11.3 Å². The lowest BCUT2D eigenvalue weighted by molar-refractivity contribution is 0.669. The van der Waals surface area contributed by atoms with Crippen LogP contribution in [0.5, 0.6) is 0 Å². The number of fused-ring (bicyclic) bond motifs is 16. The predicted octanol–water partition coefficient (Wildman–Crippen LogP) is 34.9. The van der Waals surface area contributed by atoms with Crippen LogP contribution in [0.25, 0.3) is 125 Å². The van der Waals surface area contributed by atoms with Gasteiger partial charge in [-0.2, -0.15) is 0 Å². The van der Waals surface area contributed by atoms with Gasteiger partial charge in [0.1, 0.15) is 11.2 Å². The maximum Gasteiger partial charge on any atom is 0.135 e. The third-order valence-electron chi connectivity index (χ3n) is 22.5. The zero-order chi connectivity index (χ0) is 85.9. The average Bonchev–Trinajstić information content (AvgIpc) is 1.65. The fourth-order valence-electron chi connectivity index (χ4n) is 16.7. The molecule has 0 amide bonds. The highest BCUT2D eigenvalue weighted by Crippen LogP contribution is 2.48. The molecule has 0 spiro atoms. The molecule has 3 N–H and O–H groups in total. The van der Waals surface area contributed by atoms with Crippen LogP contribution in [-0.4, -0.2) is 0 Å². The number of nitrogens with one attached hydrogen (secondary N) is 3. The number of nitrogens with zero attached hydrogens (tertiary/aromatic N) is 3. The van der Waals surface area contributed by atoms with E-state index in [0.29, 0.717) is 5.56 Å². The molecule has 5 aromatic heterocycles. The molecular formula is C112H76N6OS4. The molecule has 19 aromatic carbocycles. The van der Waals surface area contributed by atoms with Crippen molar-refractivity contribution in [2.24, 2.45) is 0 Å². The second kappa shape index (κ2) is 32.6. The van der Waals surface area contributed by atoms with Crippen molar-refractivity contribution in [3.8, 4) is 11.1 Å². The van der Waals surface area contributed by atoms with Gasteiger partial charge in [-0.1, -0.05) is 206 Å². The van der Waals surface area contributed by atoms with Crippen LogP contribution in [0.3, 0.4) is 0 Å². The Morgan fingerprint density at radius 3 is 1.03 bits per heavy atom. The van der Waals surface area contributed by atoms with Crippen LogP contribution in [0.1, 0.15) is 6.85 Å². The fourth-order valence-corrected chi connectivity index (χ4v) is 21.0. The summed E-state index contributed by atoms with van der Waals surface area (Å²) in [6.07, 6.45) is 0. The lowest BCUT2D eigenvalue weighted by Gasteiger charge is -2.26. The average molecular weight is 1660 g/mol. The number of furan rings is 1. The van der Waals surface area contributed by atoms with Crippen LogP contribution in [0, 0.1) is 0 Å². The molecule has 24 rings (SSSR count). The van der Waals surface area contributed by atoms with E-state index < -0.39 is 6.04 Å². The quantitative estimate of drug-likeness (QED) is 0.0891. The van der Waals surface area contributed by atoms with Gasteiger partial charge in [-0.3, -0.25) is 0 Å². The highest BCUT2D eigenvalue weighted by Gasteiger charge is 2.22. The van der Waals surface area contributed by atoms with Crippen LogP contribution in [0.4, 0.5) is 85.3 Å². The Morgan fingerprint density at radius 1 is 0.195 bits per heavy atom. The number of para-hydroxylation sites is 6. The molecule has 5 heterocycles. The number of anilines is 15. The normalized spacial score (nSPS) is 12.0. The molecule has 7 nitrogen and oxygen atoms in total. The Labute approximate surface area is 734 Å². The Balaban J connectivity index is 0.000000114. The van der Waals surface area contributed by atoms with Crippen molar-refractivity contribution in [2.45, 2.75) is 0 Å². The summed E-state index contributed by atoms with van der Waals surface area (Å²) >= 11 is 7.31. The van der Waals surface area contributed by atoms with Gasteiger partial charge >= 0.3 is 0 Å². The maximum absolute atomic E-state index is 8.31. The van der Waals surface area contributed by atoms with E-state index in [0.717, 1.165) is 113 Å². The number of thiophene rings is 4.